The van der Waals surface area contributed by atoms with Crippen molar-refractivity contribution in [2.24, 2.45) is 0 Å². The van der Waals surface area contributed by atoms with E-state index in [2.05, 4.69) is 15.1 Å². The minimum Gasteiger partial charge on any atom is -0.497 e. The van der Waals surface area contributed by atoms with Gasteiger partial charge in [-0.1, -0.05) is 13.8 Å². The Morgan fingerprint density at radius 3 is 2.39 bits per heavy atom. The Morgan fingerprint density at radius 2 is 1.82 bits per heavy atom. The lowest BCUT2D eigenvalue weighted by Crippen LogP contribution is -2.48. The molecule has 0 atom stereocenters. The van der Waals surface area contributed by atoms with Gasteiger partial charge in [0.2, 0.25) is 21.8 Å². The fourth-order valence-electron chi connectivity index (χ4n) is 3.01. The van der Waals surface area contributed by atoms with Gasteiger partial charge in [-0.05, 0) is 12.1 Å². The van der Waals surface area contributed by atoms with Crippen molar-refractivity contribution in [3.8, 4) is 11.5 Å². The van der Waals surface area contributed by atoms with Gasteiger partial charge in [-0.15, -0.1) is 10.2 Å². The van der Waals surface area contributed by atoms with Gasteiger partial charge in [-0.3, -0.25) is 4.90 Å². The molecule has 0 aliphatic carbocycles. The van der Waals surface area contributed by atoms with Crippen LogP contribution in [0.5, 0.6) is 11.5 Å². The van der Waals surface area contributed by atoms with Crippen LogP contribution in [0.1, 0.15) is 31.5 Å². The normalized spacial score (nSPS) is 16.5. The third-order valence-corrected chi connectivity index (χ3v) is 6.57. The average Bonchev–Trinajstić information content (AvgIpc) is 3.16. The minimum absolute atomic E-state index is 0.112. The number of ether oxygens (including phenoxy) is 2. The van der Waals surface area contributed by atoms with E-state index < -0.39 is 10.0 Å². The van der Waals surface area contributed by atoms with Gasteiger partial charge in [-0.2, -0.15) is 4.31 Å². The number of rotatable bonds is 7. The third-order valence-electron chi connectivity index (χ3n) is 4.66. The zero-order valence-corrected chi connectivity index (χ0v) is 17.4. The Balaban J connectivity index is 1.68. The number of aromatic nitrogens is 2. The molecule has 10 heteroatoms. The smallest absolute Gasteiger partial charge is 0.246 e. The van der Waals surface area contributed by atoms with E-state index in [1.54, 1.807) is 12.1 Å². The number of methoxy groups -OCH3 is 2. The van der Waals surface area contributed by atoms with Crippen LogP contribution in [-0.4, -0.2) is 68.2 Å². The molecule has 2 heterocycles. The van der Waals surface area contributed by atoms with Crippen molar-refractivity contribution in [2.75, 3.05) is 40.4 Å². The number of benzene rings is 1. The molecule has 9 nitrogen and oxygen atoms in total. The molecule has 0 saturated carbocycles. The maximum absolute atomic E-state index is 13.1. The summed E-state index contributed by atoms with van der Waals surface area (Å²) >= 11 is 0. The van der Waals surface area contributed by atoms with Crippen molar-refractivity contribution < 1.29 is 22.3 Å². The predicted octanol–water partition coefficient (Wildman–Crippen LogP) is 1.72. The van der Waals surface area contributed by atoms with Crippen LogP contribution >= 0.6 is 0 Å². The number of hydrogen-bond donors (Lipinski definition) is 0. The minimum atomic E-state index is -3.69. The fraction of sp³-hybridized carbons (Fsp3) is 0.556. The fourth-order valence-corrected chi connectivity index (χ4v) is 4.60. The Kier molecular flexibility index (Phi) is 6.21. The van der Waals surface area contributed by atoms with Gasteiger partial charge in [0.25, 0.3) is 0 Å². The van der Waals surface area contributed by atoms with E-state index in [0.29, 0.717) is 56.0 Å². The Bertz CT molecular complexity index is 904. The molecular formula is C18H26N4O5S. The highest BCUT2D eigenvalue weighted by Gasteiger charge is 2.31. The summed E-state index contributed by atoms with van der Waals surface area (Å²) in [5.41, 5.74) is 0. The molecule has 0 radical (unpaired) electrons. The molecule has 0 bridgehead atoms. The van der Waals surface area contributed by atoms with Gasteiger partial charge in [0, 0.05) is 38.2 Å². The van der Waals surface area contributed by atoms with Crippen molar-refractivity contribution in [1.29, 1.82) is 0 Å². The lowest BCUT2D eigenvalue weighted by atomic mass is 10.2. The van der Waals surface area contributed by atoms with Gasteiger partial charge in [0.1, 0.15) is 16.4 Å². The highest BCUT2D eigenvalue weighted by molar-refractivity contribution is 7.89. The summed E-state index contributed by atoms with van der Waals surface area (Å²) in [6.07, 6.45) is 0. The Hall–Kier alpha value is -2.17. The highest BCUT2D eigenvalue weighted by atomic mass is 32.2. The van der Waals surface area contributed by atoms with Gasteiger partial charge in [-0.25, -0.2) is 8.42 Å². The van der Waals surface area contributed by atoms with Crippen LogP contribution in [0.25, 0.3) is 0 Å². The van der Waals surface area contributed by atoms with Crippen LogP contribution in [0.2, 0.25) is 0 Å². The summed E-state index contributed by atoms with van der Waals surface area (Å²) in [6.45, 7) is 6.38. The molecule has 0 amide bonds. The quantitative estimate of drug-likeness (QED) is 0.680. The van der Waals surface area contributed by atoms with E-state index in [1.807, 2.05) is 13.8 Å². The topological polar surface area (TPSA) is 98.0 Å². The van der Waals surface area contributed by atoms with Crippen LogP contribution in [0.3, 0.4) is 0 Å². The molecule has 0 N–H and O–H groups in total. The van der Waals surface area contributed by atoms with Crippen molar-refractivity contribution in [2.45, 2.75) is 31.2 Å². The standard InChI is InChI=1S/C18H26N4O5S/c1-13(2)18-20-19-17(27-18)12-21-7-9-22(10-8-21)28(23,24)16-11-14(25-3)5-6-15(16)26-4/h5-6,11,13H,7-10,12H2,1-4H3. The van der Waals surface area contributed by atoms with Crippen molar-refractivity contribution in [3.05, 3.63) is 30.0 Å². The third kappa shape index (κ3) is 4.29. The zero-order chi connectivity index (χ0) is 20.3. The summed E-state index contributed by atoms with van der Waals surface area (Å²) in [5, 5.41) is 8.10. The zero-order valence-electron chi connectivity index (χ0n) is 16.6. The largest absolute Gasteiger partial charge is 0.497 e. The van der Waals surface area contributed by atoms with Crippen LogP contribution in [-0.2, 0) is 16.6 Å². The van der Waals surface area contributed by atoms with Crippen LogP contribution in [0.15, 0.2) is 27.5 Å². The van der Waals surface area contributed by atoms with Crippen molar-refractivity contribution in [3.63, 3.8) is 0 Å². The molecule has 1 aromatic carbocycles. The second-order valence-electron chi connectivity index (χ2n) is 6.89. The second kappa shape index (κ2) is 8.46. The molecule has 28 heavy (non-hydrogen) atoms. The molecule has 1 aliphatic rings. The van der Waals surface area contributed by atoms with E-state index in [0.717, 1.165) is 0 Å². The molecule has 0 unspecified atom stereocenters. The van der Waals surface area contributed by atoms with Crippen molar-refractivity contribution >= 4 is 10.0 Å². The maximum Gasteiger partial charge on any atom is 0.246 e. The predicted molar refractivity (Wildman–Crippen MR) is 102 cm³/mol. The molecule has 3 rings (SSSR count). The monoisotopic (exact) mass is 410 g/mol. The van der Waals surface area contributed by atoms with E-state index >= 15 is 0 Å². The second-order valence-corrected chi connectivity index (χ2v) is 8.79. The molecule has 0 spiro atoms. The van der Waals surface area contributed by atoms with Gasteiger partial charge in [0.15, 0.2) is 0 Å². The molecule has 1 fully saturated rings. The first-order chi connectivity index (χ1) is 13.3. The first-order valence-electron chi connectivity index (χ1n) is 9.12. The number of nitrogens with zero attached hydrogens (tertiary/aromatic N) is 4. The summed E-state index contributed by atoms with van der Waals surface area (Å²) < 4.78 is 43.7. The van der Waals surface area contributed by atoms with E-state index in [-0.39, 0.29) is 10.8 Å². The molecule has 1 saturated heterocycles. The molecule has 2 aromatic rings. The average molecular weight is 410 g/mol. The number of sulfonamides is 1. The van der Waals surface area contributed by atoms with Gasteiger partial charge < -0.3 is 13.9 Å². The molecule has 154 valence electrons. The van der Waals surface area contributed by atoms with E-state index in [9.17, 15) is 8.42 Å². The van der Waals surface area contributed by atoms with Crippen LogP contribution in [0, 0.1) is 0 Å². The summed E-state index contributed by atoms with van der Waals surface area (Å²) in [6, 6.07) is 4.77. The lowest BCUT2D eigenvalue weighted by molar-refractivity contribution is 0.167. The number of piperazine rings is 1. The SMILES string of the molecule is COc1ccc(OC)c(S(=O)(=O)N2CCN(Cc3nnc(C(C)C)o3)CC2)c1. The van der Waals surface area contributed by atoms with Crippen LogP contribution < -0.4 is 9.47 Å². The number of hydrogen-bond acceptors (Lipinski definition) is 8. The van der Waals surface area contributed by atoms with Gasteiger partial charge >= 0.3 is 0 Å². The Morgan fingerprint density at radius 1 is 1.11 bits per heavy atom. The first kappa shape index (κ1) is 20.6. The lowest BCUT2D eigenvalue weighted by Gasteiger charge is -2.33. The van der Waals surface area contributed by atoms with Crippen molar-refractivity contribution in [1.82, 2.24) is 19.4 Å². The summed E-state index contributed by atoms with van der Waals surface area (Å²) in [7, 11) is -0.738. The first-order valence-corrected chi connectivity index (χ1v) is 10.6. The molecule has 1 aromatic heterocycles. The van der Waals surface area contributed by atoms with Crippen LogP contribution in [0.4, 0.5) is 0 Å². The summed E-state index contributed by atoms with van der Waals surface area (Å²) in [4.78, 5) is 2.22. The van der Waals surface area contributed by atoms with E-state index in [4.69, 9.17) is 13.9 Å². The maximum atomic E-state index is 13.1. The molecular weight excluding hydrogens is 384 g/mol. The van der Waals surface area contributed by atoms with Gasteiger partial charge in [0.05, 0.1) is 20.8 Å². The highest BCUT2D eigenvalue weighted by Crippen LogP contribution is 2.31. The Labute approximate surface area is 165 Å². The summed E-state index contributed by atoms with van der Waals surface area (Å²) in [5.74, 6) is 2.11. The van der Waals surface area contributed by atoms with E-state index in [1.165, 1.54) is 24.6 Å². The molecule has 1 aliphatic heterocycles.